The van der Waals surface area contributed by atoms with Crippen molar-refractivity contribution in [2.45, 2.75) is 71.5 Å². The Bertz CT molecular complexity index is 1520. The van der Waals surface area contributed by atoms with Crippen molar-refractivity contribution in [3.63, 3.8) is 0 Å². The number of aliphatic carboxylic acids is 1. The molecule has 228 valence electrons. The number of carbonyl (C=O) groups excluding carboxylic acids is 1. The van der Waals surface area contributed by atoms with Crippen LogP contribution in [0, 0.1) is 19.7 Å². The SMILES string of the molecule is Cc1cc(OCCNC(=O)OC(C)(C)C)cc(C)c1-c1ccc(F)c2c1CC[C@H]2Oc1ccc2c(c1)OC[C@H]2CC(=O)O. The highest BCUT2D eigenvalue weighted by Crippen LogP contribution is 2.45. The van der Waals surface area contributed by atoms with E-state index < -0.39 is 23.8 Å². The second kappa shape index (κ2) is 12.1. The Morgan fingerprint density at radius 3 is 2.51 bits per heavy atom. The molecule has 0 spiro atoms. The highest BCUT2D eigenvalue weighted by molar-refractivity contribution is 5.76. The number of carboxylic acids is 1. The summed E-state index contributed by atoms with van der Waals surface area (Å²) in [5.41, 5.74) is 5.80. The second-order valence-electron chi connectivity index (χ2n) is 12.1. The van der Waals surface area contributed by atoms with Gasteiger partial charge in [-0.1, -0.05) is 12.1 Å². The molecule has 1 aliphatic carbocycles. The van der Waals surface area contributed by atoms with Gasteiger partial charge in [-0.25, -0.2) is 9.18 Å². The molecule has 1 heterocycles. The van der Waals surface area contributed by atoms with Crippen molar-refractivity contribution in [3.05, 3.63) is 76.1 Å². The molecule has 2 N–H and O–H groups in total. The Morgan fingerprint density at radius 1 is 1.07 bits per heavy atom. The third-order valence-corrected chi connectivity index (χ3v) is 7.66. The summed E-state index contributed by atoms with van der Waals surface area (Å²) in [5, 5.41) is 11.9. The molecule has 0 saturated heterocycles. The number of aryl methyl sites for hydroxylation is 2. The van der Waals surface area contributed by atoms with Gasteiger partial charge in [-0.15, -0.1) is 0 Å². The van der Waals surface area contributed by atoms with Crippen LogP contribution in [0.1, 0.15) is 73.5 Å². The number of benzene rings is 3. The first-order valence-electron chi connectivity index (χ1n) is 14.6. The standard InChI is InChI=1S/C34H38FNO7/c1-19-14-23(40-13-12-36-33(39)43-34(3,4)5)15-20(2)31(19)25-8-10-27(35)32-26(25)9-11-28(32)42-22-6-7-24-21(16-30(37)38)18-41-29(24)17-22/h6-8,10,14-15,17,21,28H,9,11-13,16,18H2,1-5H3,(H,36,39)(H,37,38)/t21-,28-/m1/s1. The normalized spacial score (nSPS) is 17.1. The van der Waals surface area contributed by atoms with Gasteiger partial charge in [-0.3, -0.25) is 4.79 Å². The molecule has 2 aliphatic rings. The largest absolute Gasteiger partial charge is 0.492 e. The van der Waals surface area contributed by atoms with Crippen LogP contribution in [-0.2, 0) is 16.0 Å². The van der Waals surface area contributed by atoms with Gasteiger partial charge in [0.1, 0.15) is 41.4 Å². The number of fused-ring (bicyclic) bond motifs is 2. The number of carboxylic acid groups (broad SMARTS) is 1. The van der Waals surface area contributed by atoms with Crippen molar-refractivity contribution in [2.24, 2.45) is 0 Å². The molecule has 0 radical (unpaired) electrons. The maximum absolute atomic E-state index is 15.3. The molecule has 0 bridgehead atoms. The number of alkyl carbamates (subject to hydrolysis) is 1. The molecule has 43 heavy (non-hydrogen) atoms. The molecule has 0 fully saturated rings. The third kappa shape index (κ3) is 6.87. The van der Waals surface area contributed by atoms with E-state index in [2.05, 4.69) is 5.32 Å². The van der Waals surface area contributed by atoms with Crippen LogP contribution in [0.5, 0.6) is 17.2 Å². The van der Waals surface area contributed by atoms with Gasteiger partial charge in [-0.05, 0) is 99.5 Å². The highest BCUT2D eigenvalue weighted by Gasteiger charge is 2.32. The first kappa shape index (κ1) is 30.2. The molecule has 2 atom stereocenters. The third-order valence-electron chi connectivity index (χ3n) is 7.66. The minimum atomic E-state index is -0.865. The Hall–Kier alpha value is -4.27. The fraction of sp³-hybridized carbons (Fsp3) is 0.412. The van der Waals surface area contributed by atoms with Gasteiger partial charge in [0.05, 0.1) is 19.6 Å². The zero-order valence-electron chi connectivity index (χ0n) is 25.2. The quantitative estimate of drug-likeness (QED) is 0.258. The molecule has 5 rings (SSSR count). The minimum absolute atomic E-state index is 0.00837. The fourth-order valence-electron chi connectivity index (χ4n) is 5.97. The Labute approximate surface area is 251 Å². The van der Waals surface area contributed by atoms with E-state index in [1.54, 1.807) is 12.1 Å². The predicted molar refractivity (Wildman–Crippen MR) is 160 cm³/mol. The average molecular weight is 592 g/mol. The van der Waals surface area contributed by atoms with Crippen LogP contribution < -0.4 is 19.5 Å². The minimum Gasteiger partial charge on any atom is -0.492 e. The average Bonchev–Trinajstić information content (AvgIpc) is 3.51. The van der Waals surface area contributed by atoms with Crippen LogP contribution in [0.3, 0.4) is 0 Å². The van der Waals surface area contributed by atoms with Crippen LogP contribution in [-0.4, -0.2) is 42.5 Å². The van der Waals surface area contributed by atoms with E-state index in [-0.39, 0.29) is 24.8 Å². The zero-order chi connectivity index (χ0) is 30.9. The van der Waals surface area contributed by atoms with E-state index >= 15 is 4.39 Å². The van der Waals surface area contributed by atoms with Gasteiger partial charge in [-0.2, -0.15) is 0 Å². The lowest BCUT2D eigenvalue weighted by atomic mass is 9.90. The number of halogens is 1. The first-order valence-corrected chi connectivity index (χ1v) is 14.6. The lowest BCUT2D eigenvalue weighted by molar-refractivity contribution is -0.137. The first-order chi connectivity index (χ1) is 20.4. The second-order valence-corrected chi connectivity index (χ2v) is 12.1. The fourth-order valence-corrected chi connectivity index (χ4v) is 5.97. The van der Waals surface area contributed by atoms with Crippen LogP contribution >= 0.6 is 0 Å². The Balaban J connectivity index is 1.30. The van der Waals surface area contributed by atoms with Crippen molar-refractivity contribution in [1.82, 2.24) is 5.32 Å². The van der Waals surface area contributed by atoms with Gasteiger partial charge in [0.15, 0.2) is 0 Å². The summed E-state index contributed by atoms with van der Waals surface area (Å²) in [5.74, 6) is 0.515. The van der Waals surface area contributed by atoms with E-state index in [0.29, 0.717) is 48.8 Å². The highest BCUT2D eigenvalue weighted by atomic mass is 19.1. The summed E-state index contributed by atoms with van der Waals surface area (Å²) in [7, 11) is 0. The van der Waals surface area contributed by atoms with Crippen molar-refractivity contribution >= 4 is 12.1 Å². The number of rotatable bonds is 9. The van der Waals surface area contributed by atoms with E-state index in [1.165, 1.54) is 6.07 Å². The molecule has 0 aromatic heterocycles. The van der Waals surface area contributed by atoms with Gasteiger partial charge in [0, 0.05) is 23.1 Å². The van der Waals surface area contributed by atoms with Crippen molar-refractivity contribution in [2.75, 3.05) is 19.8 Å². The van der Waals surface area contributed by atoms with E-state index in [1.807, 2.05) is 58.9 Å². The molecular formula is C34H38FNO7. The zero-order valence-corrected chi connectivity index (χ0v) is 25.2. The van der Waals surface area contributed by atoms with Crippen LogP contribution in [0.25, 0.3) is 11.1 Å². The van der Waals surface area contributed by atoms with E-state index in [4.69, 9.17) is 24.1 Å². The molecule has 3 aromatic carbocycles. The van der Waals surface area contributed by atoms with Gasteiger partial charge in [0.25, 0.3) is 0 Å². The number of amides is 1. The molecule has 0 saturated carbocycles. The summed E-state index contributed by atoms with van der Waals surface area (Å²) in [4.78, 5) is 23.0. The maximum atomic E-state index is 15.3. The molecule has 8 nitrogen and oxygen atoms in total. The van der Waals surface area contributed by atoms with Gasteiger partial charge < -0.3 is 29.4 Å². The smallest absolute Gasteiger partial charge is 0.407 e. The summed E-state index contributed by atoms with van der Waals surface area (Å²) in [6.07, 6.45) is 0.370. The molecule has 0 unspecified atom stereocenters. The van der Waals surface area contributed by atoms with Gasteiger partial charge >= 0.3 is 12.1 Å². The molecule has 1 aliphatic heterocycles. The molecule has 9 heteroatoms. The molecule has 1 amide bonds. The number of nitrogens with one attached hydrogen (secondary N) is 1. The number of carbonyl (C=O) groups is 2. The topological polar surface area (TPSA) is 103 Å². The number of ether oxygens (including phenoxy) is 4. The van der Waals surface area contributed by atoms with E-state index in [9.17, 15) is 9.59 Å². The summed E-state index contributed by atoms with van der Waals surface area (Å²) in [6.45, 7) is 10.4. The summed E-state index contributed by atoms with van der Waals surface area (Å²) >= 11 is 0. The lowest BCUT2D eigenvalue weighted by Crippen LogP contribution is -2.34. The monoisotopic (exact) mass is 591 g/mol. The summed E-state index contributed by atoms with van der Waals surface area (Å²) in [6, 6.07) is 12.7. The van der Waals surface area contributed by atoms with Crippen LogP contribution in [0.4, 0.5) is 9.18 Å². The van der Waals surface area contributed by atoms with Crippen molar-refractivity contribution in [1.29, 1.82) is 0 Å². The van der Waals surface area contributed by atoms with Gasteiger partial charge in [0.2, 0.25) is 0 Å². The number of hydrogen-bond donors (Lipinski definition) is 2. The Morgan fingerprint density at radius 2 is 1.81 bits per heavy atom. The lowest BCUT2D eigenvalue weighted by Gasteiger charge is -2.20. The predicted octanol–water partition coefficient (Wildman–Crippen LogP) is 7.03. The van der Waals surface area contributed by atoms with Crippen molar-refractivity contribution < 1.29 is 38.0 Å². The molecular weight excluding hydrogens is 553 g/mol. The van der Waals surface area contributed by atoms with Crippen LogP contribution in [0.15, 0.2) is 42.5 Å². The van der Waals surface area contributed by atoms with Crippen LogP contribution in [0.2, 0.25) is 0 Å². The van der Waals surface area contributed by atoms with Crippen molar-refractivity contribution in [3.8, 4) is 28.4 Å². The Kier molecular flexibility index (Phi) is 8.53. The summed E-state index contributed by atoms with van der Waals surface area (Å²) < 4.78 is 38.5. The number of hydrogen-bond acceptors (Lipinski definition) is 6. The van der Waals surface area contributed by atoms with E-state index in [0.717, 1.165) is 33.4 Å². The molecule has 3 aromatic rings. The maximum Gasteiger partial charge on any atom is 0.407 e.